The first-order chi connectivity index (χ1) is 18.0. The van der Waals surface area contributed by atoms with E-state index in [1.807, 2.05) is 34.9 Å². The Labute approximate surface area is 214 Å². The first-order valence-electron chi connectivity index (χ1n) is 13.2. The molecule has 1 amide bonds. The molecule has 0 atom stereocenters. The minimum absolute atomic E-state index is 0.0659. The Morgan fingerprint density at radius 3 is 2.59 bits per heavy atom. The number of imidazole rings is 1. The van der Waals surface area contributed by atoms with E-state index >= 15 is 0 Å². The number of aromatic nitrogens is 4. The molecule has 2 saturated carbocycles. The number of nitrogens with zero attached hydrogens (tertiary/aromatic N) is 5. The molecule has 4 heterocycles. The van der Waals surface area contributed by atoms with Crippen molar-refractivity contribution in [2.75, 3.05) is 38.1 Å². The second-order valence-electron chi connectivity index (χ2n) is 11.2. The summed E-state index contributed by atoms with van der Waals surface area (Å²) in [5.74, 6) is 0.288. The topological polar surface area (TPSA) is 98.6 Å². The van der Waals surface area contributed by atoms with Crippen LogP contribution in [0.25, 0.3) is 16.4 Å². The summed E-state index contributed by atoms with van der Waals surface area (Å²) in [5.41, 5.74) is 3.67. The third kappa shape index (κ3) is 3.80. The number of hydrogen-bond donors (Lipinski definition) is 2. The van der Waals surface area contributed by atoms with E-state index in [2.05, 4.69) is 49.5 Å². The van der Waals surface area contributed by atoms with E-state index in [0.29, 0.717) is 17.0 Å². The lowest BCUT2D eigenvalue weighted by atomic mass is 9.49. The van der Waals surface area contributed by atoms with Gasteiger partial charge in [-0.2, -0.15) is 5.10 Å². The van der Waals surface area contributed by atoms with Crippen LogP contribution in [0.1, 0.15) is 47.8 Å². The van der Waals surface area contributed by atoms with Crippen molar-refractivity contribution < 1.29 is 4.79 Å². The average Bonchev–Trinajstić information content (AvgIpc) is 3.29. The predicted octanol–water partition coefficient (Wildman–Crippen LogP) is 2.78. The SMILES string of the molecule is CN1CCN(c2ccn3c(C(=O)N[C@H]4CC5(C4)C[C@H](c4n[nH]c(=O)c6ccccc64)C5)cnc3c2)CC1. The van der Waals surface area contributed by atoms with E-state index in [9.17, 15) is 9.59 Å². The van der Waals surface area contributed by atoms with Crippen LogP contribution >= 0.6 is 0 Å². The number of carbonyl (C=O) groups excluding carboxylic acids is 1. The maximum atomic E-state index is 13.1. The highest BCUT2D eigenvalue weighted by Crippen LogP contribution is 2.62. The average molecular weight is 498 g/mol. The van der Waals surface area contributed by atoms with Gasteiger partial charge in [-0.05, 0) is 50.3 Å². The second-order valence-corrected chi connectivity index (χ2v) is 11.2. The highest BCUT2D eigenvalue weighted by molar-refractivity contribution is 5.93. The van der Waals surface area contributed by atoms with Crippen molar-refractivity contribution in [3.05, 3.63) is 70.5 Å². The molecular formula is C28H31N7O2. The zero-order valence-corrected chi connectivity index (χ0v) is 21.0. The summed E-state index contributed by atoms with van der Waals surface area (Å²) < 4.78 is 1.88. The number of carbonyl (C=O) groups is 1. The van der Waals surface area contributed by atoms with Gasteiger partial charge in [0.2, 0.25) is 0 Å². The van der Waals surface area contributed by atoms with Crippen LogP contribution in [0.3, 0.4) is 0 Å². The molecule has 1 aliphatic heterocycles. The van der Waals surface area contributed by atoms with Gasteiger partial charge in [0.05, 0.1) is 17.3 Å². The molecule has 190 valence electrons. The minimum atomic E-state index is -0.136. The van der Waals surface area contributed by atoms with Crippen LogP contribution in [-0.2, 0) is 0 Å². The van der Waals surface area contributed by atoms with Crippen LogP contribution in [0.2, 0.25) is 0 Å². The summed E-state index contributed by atoms with van der Waals surface area (Å²) in [7, 11) is 2.15. The molecule has 2 N–H and O–H groups in total. The molecule has 0 bridgehead atoms. The Balaban J connectivity index is 0.983. The molecule has 1 aromatic carbocycles. The van der Waals surface area contributed by atoms with Gasteiger partial charge in [0.15, 0.2) is 0 Å². The van der Waals surface area contributed by atoms with Gasteiger partial charge in [-0.15, -0.1) is 0 Å². The number of amides is 1. The van der Waals surface area contributed by atoms with Gasteiger partial charge in [0, 0.05) is 61.5 Å². The summed E-state index contributed by atoms with van der Waals surface area (Å²) in [5, 5.41) is 12.0. The van der Waals surface area contributed by atoms with Crippen LogP contribution in [0.5, 0.6) is 0 Å². The first-order valence-corrected chi connectivity index (χ1v) is 13.2. The van der Waals surface area contributed by atoms with E-state index < -0.39 is 0 Å². The normalized spacial score (nSPS) is 25.8. The van der Waals surface area contributed by atoms with Crippen LogP contribution in [-0.4, -0.2) is 69.7 Å². The Morgan fingerprint density at radius 1 is 1.05 bits per heavy atom. The number of piperazine rings is 1. The summed E-state index contributed by atoms with van der Waals surface area (Å²) in [6.45, 7) is 4.10. The highest BCUT2D eigenvalue weighted by atomic mass is 16.2. The van der Waals surface area contributed by atoms with E-state index in [1.54, 1.807) is 6.20 Å². The number of likely N-dealkylation sites (N-methyl/N-ethyl adjacent to an activating group) is 1. The molecule has 2 aliphatic carbocycles. The molecule has 0 radical (unpaired) electrons. The quantitative estimate of drug-likeness (QED) is 0.450. The lowest BCUT2D eigenvalue weighted by Crippen LogP contribution is -2.55. The summed E-state index contributed by atoms with van der Waals surface area (Å²) >= 11 is 0. The lowest BCUT2D eigenvalue weighted by Gasteiger charge is -2.57. The number of aromatic amines is 1. The summed E-state index contributed by atoms with van der Waals surface area (Å²) in [4.78, 5) is 34.4. The molecule has 3 fully saturated rings. The van der Waals surface area contributed by atoms with Gasteiger partial charge < -0.3 is 15.1 Å². The molecule has 9 heteroatoms. The van der Waals surface area contributed by atoms with Crippen LogP contribution in [0.4, 0.5) is 5.69 Å². The van der Waals surface area contributed by atoms with Gasteiger partial charge in [-0.3, -0.25) is 14.0 Å². The fourth-order valence-corrected chi connectivity index (χ4v) is 6.71. The van der Waals surface area contributed by atoms with E-state index in [1.165, 1.54) is 0 Å². The number of fused-ring (bicyclic) bond motifs is 2. The van der Waals surface area contributed by atoms with Crippen molar-refractivity contribution in [2.45, 2.75) is 37.6 Å². The Bertz CT molecular complexity index is 1550. The largest absolute Gasteiger partial charge is 0.369 e. The van der Waals surface area contributed by atoms with Gasteiger partial charge in [0.25, 0.3) is 11.5 Å². The molecule has 1 saturated heterocycles. The highest BCUT2D eigenvalue weighted by Gasteiger charge is 2.54. The fraction of sp³-hybridized carbons (Fsp3) is 0.429. The lowest BCUT2D eigenvalue weighted by molar-refractivity contribution is -0.0197. The number of rotatable bonds is 4. The third-order valence-corrected chi connectivity index (χ3v) is 8.76. The number of hydrogen-bond acceptors (Lipinski definition) is 6. The number of anilines is 1. The van der Waals surface area contributed by atoms with Crippen molar-refractivity contribution in [1.29, 1.82) is 0 Å². The van der Waals surface area contributed by atoms with Crippen molar-refractivity contribution in [1.82, 2.24) is 29.8 Å². The molecule has 9 nitrogen and oxygen atoms in total. The fourth-order valence-electron chi connectivity index (χ4n) is 6.71. The van der Waals surface area contributed by atoms with E-state index in [-0.39, 0.29) is 22.9 Å². The molecule has 1 spiro atoms. The maximum absolute atomic E-state index is 13.1. The molecule has 4 aromatic rings. The number of H-pyrrole nitrogens is 1. The minimum Gasteiger partial charge on any atom is -0.369 e. The molecular weight excluding hydrogens is 466 g/mol. The smallest absolute Gasteiger partial charge is 0.272 e. The zero-order valence-electron chi connectivity index (χ0n) is 21.0. The molecule has 3 aromatic heterocycles. The number of pyridine rings is 1. The Hall–Kier alpha value is -3.72. The number of nitrogens with one attached hydrogen (secondary N) is 2. The molecule has 0 unspecified atom stereocenters. The Morgan fingerprint density at radius 2 is 1.81 bits per heavy atom. The molecule has 3 aliphatic rings. The molecule has 7 rings (SSSR count). The zero-order chi connectivity index (χ0) is 25.1. The first kappa shape index (κ1) is 22.5. The van der Waals surface area contributed by atoms with Gasteiger partial charge in [0.1, 0.15) is 11.3 Å². The second kappa shape index (κ2) is 8.41. The Kier molecular flexibility index (Phi) is 5.11. The van der Waals surface area contributed by atoms with Crippen LogP contribution in [0, 0.1) is 5.41 Å². The van der Waals surface area contributed by atoms with E-state index in [0.717, 1.165) is 74.3 Å². The van der Waals surface area contributed by atoms with Crippen molar-refractivity contribution >= 4 is 28.0 Å². The summed E-state index contributed by atoms with van der Waals surface area (Å²) in [6.07, 6.45) is 7.71. The number of benzene rings is 1. The monoisotopic (exact) mass is 497 g/mol. The predicted molar refractivity (Wildman–Crippen MR) is 142 cm³/mol. The standard InChI is InChI=1S/C28H31N7O2/c1-33-8-10-34(11-9-33)20-6-7-35-23(17-29-24(35)12-20)27(37)30-19-15-28(16-19)13-18(14-28)25-21-4-2-3-5-22(21)26(36)32-31-25/h2-7,12,17-19H,8-11,13-16H2,1H3,(H,30,37)(H,32,36)/t18-,19-,28?. The third-order valence-electron chi connectivity index (χ3n) is 8.76. The van der Waals surface area contributed by atoms with Crippen LogP contribution in [0.15, 0.2) is 53.6 Å². The van der Waals surface area contributed by atoms with Crippen molar-refractivity contribution in [3.8, 4) is 0 Å². The summed E-state index contributed by atoms with van der Waals surface area (Å²) in [6, 6.07) is 12.0. The molecule has 37 heavy (non-hydrogen) atoms. The van der Waals surface area contributed by atoms with Gasteiger partial charge >= 0.3 is 0 Å². The van der Waals surface area contributed by atoms with Crippen molar-refractivity contribution in [2.24, 2.45) is 5.41 Å². The van der Waals surface area contributed by atoms with E-state index in [4.69, 9.17) is 0 Å². The maximum Gasteiger partial charge on any atom is 0.272 e. The van der Waals surface area contributed by atoms with Crippen LogP contribution < -0.4 is 15.8 Å². The van der Waals surface area contributed by atoms with Gasteiger partial charge in [-0.25, -0.2) is 10.1 Å². The van der Waals surface area contributed by atoms with Gasteiger partial charge in [-0.1, -0.05) is 18.2 Å². The van der Waals surface area contributed by atoms with Crippen molar-refractivity contribution in [3.63, 3.8) is 0 Å².